The fraction of sp³-hybridized carbons (Fsp3) is 0.840. The topological polar surface area (TPSA) is 127 Å². The average Bonchev–Trinajstić information content (AvgIpc) is 3.63. The van der Waals surface area contributed by atoms with E-state index in [4.69, 9.17) is 38.0 Å². The van der Waals surface area contributed by atoms with Gasteiger partial charge in [-0.05, 0) is 47.5 Å². The van der Waals surface area contributed by atoms with Crippen LogP contribution in [0.2, 0.25) is 0 Å². The molecule has 2 saturated heterocycles. The van der Waals surface area contributed by atoms with Gasteiger partial charge in [0, 0.05) is 19.6 Å². The lowest BCUT2D eigenvalue weighted by molar-refractivity contribution is -0.201. The maximum absolute atomic E-state index is 12.8. The number of ether oxygens (including phenoxy) is 4. The molecule has 1 aromatic heterocycles. The van der Waals surface area contributed by atoms with Crippen LogP contribution in [0, 0.1) is 0 Å². The molecule has 0 spiro atoms. The molecule has 0 radical (unpaired) electrons. The summed E-state index contributed by atoms with van der Waals surface area (Å²) in [6, 6.07) is 0.403. The molecule has 12 nitrogen and oxygen atoms in total. The smallest absolute Gasteiger partial charge is 0.356 e. The molecule has 2 N–H and O–H groups in total. The SMILES string of the molecule is CCN=C(NC1CCCC1)c1ncn([C@@H]2O[C@H](COCP(=O)(OCC)OCC)[C@H]3OC(C)(C)O[C@H]32)c1NC. The zero-order valence-electron chi connectivity index (χ0n) is 23.5. The van der Waals surface area contributed by atoms with Crippen molar-refractivity contribution in [3.63, 3.8) is 0 Å². The van der Waals surface area contributed by atoms with Gasteiger partial charge in [0.15, 0.2) is 17.9 Å². The van der Waals surface area contributed by atoms with Crippen molar-refractivity contribution in [2.45, 2.75) is 96.7 Å². The lowest BCUT2D eigenvalue weighted by Gasteiger charge is -2.26. The maximum Gasteiger partial charge on any atom is 0.356 e. The number of nitrogens with one attached hydrogen (secondary N) is 2. The van der Waals surface area contributed by atoms with Crippen LogP contribution < -0.4 is 10.6 Å². The Bertz CT molecular complexity index is 987. The Labute approximate surface area is 225 Å². The number of aromatic nitrogens is 2. The highest BCUT2D eigenvalue weighted by Crippen LogP contribution is 2.49. The van der Waals surface area contributed by atoms with Crippen LogP contribution in [0.1, 0.15) is 72.2 Å². The van der Waals surface area contributed by atoms with Gasteiger partial charge in [-0.2, -0.15) is 0 Å². The fourth-order valence-electron chi connectivity index (χ4n) is 5.39. The molecule has 4 atom stereocenters. The number of fused-ring (bicyclic) bond motifs is 1. The van der Waals surface area contributed by atoms with Gasteiger partial charge in [-0.1, -0.05) is 12.8 Å². The highest BCUT2D eigenvalue weighted by atomic mass is 31.2. The molecule has 0 amide bonds. The number of hydrogen-bond acceptors (Lipinski definition) is 10. The Morgan fingerprint density at radius 2 is 1.87 bits per heavy atom. The molecular weight excluding hydrogens is 513 g/mol. The van der Waals surface area contributed by atoms with Crippen LogP contribution >= 0.6 is 7.60 Å². The number of rotatable bonds is 13. The molecule has 3 fully saturated rings. The normalized spacial score (nSPS) is 27.7. The van der Waals surface area contributed by atoms with E-state index < -0.39 is 31.8 Å². The Morgan fingerprint density at radius 3 is 2.50 bits per heavy atom. The van der Waals surface area contributed by atoms with Crippen molar-refractivity contribution in [3.8, 4) is 0 Å². The van der Waals surface area contributed by atoms with Gasteiger partial charge in [0.1, 0.15) is 36.2 Å². The molecule has 0 bridgehead atoms. The molecule has 4 rings (SSSR count). The van der Waals surface area contributed by atoms with Gasteiger partial charge in [0.25, 0.3) is 0 Å². The minimum Gasteiger partial charge on any atom is -0.373 e. The van der Waals surface area contributed by atoms with Crippen molar-refractivity contribution in [1.29, 1.82) is 0 Å². The first-order chi connectivity index (χ1) is 18.2. The summed E-state index contributed by atoms with van der Waals surface area (Å²) >= 11 is 0. The van der Waals surface area contributed by atoms with E-state index in [1.807, 2.05) is 32.4 Å². The molecule has 1 saturated carbocycles. The molecule has 3 heterocycles. The number of amidine groups is 1. The van der Waals surface area contributed by atoms with Crippen molar-refractivity contribution in [2.24, 2.45) is 4.99 Å². The van der Waals surface area contributed by atoms with E-state index in [2.05, 4.69) is 10.6 Å². The predicted molar refractivity (Wildman–Crippen MR) is 144 cm³/mol. The third kappa shape index (κ3) is 6.60. The number of hydrogen-bond donors (Lipinski definition) is 2. The summed E-state index contributed by atoms with van der Waals surface area (Å²) < 4.78 is 50.2. The molecule has 38 heavy (non-hydrogen) atoms. The van der Waals surface area contributed by atoms with Crippen molar-refractivity contribution < 1.29 is 32.6 Å². The van der Waals surface area contributed by atoms with Crippen molar-refractivity contribution >= 4 is 19.2 Å². The molecule has 1 aliphatic carbocycles. The van der Waals surface area contributed by atoms with Gasteiger partial charge in [-0.3, -0.25) is 14.1 Å². The van der Waals surface area contributed by atoms with E-state index in [-0.39, 0.29) is 32.3 Å². The van der Waals surface area contributed by atoms with Crippen LogP contribution in [0.15, 0.2) is 11.3 Å². The first kappa shape index (κ1) is 29.5. The Morgan fingerprint density at radius 1 is 1.18 bits per heavy atom. The van der Waals surface area contributed by atoms with E-state index in [0.717, 1.165) is 30.2 Å². The highest BCUT2D eigenvalue weighted by molar-refractivity contribution is 7.53. The van der Waals surface area contributed by atoms with Crippen LogP contribution in [-0.4, -0.2) is 85.3 Å². The fourth-order valence-corrected chi connectivity index (χ4v) is 6.73. The van der Waals surface area contributed by atoms with Crippen LogP contribution in [0.3, 0.4) is 0 Å². The monoisotopic (exact) mass is 557 g/mol. The van der Waals surface area contributed by atoms with Crippen LogP contribution in [-0.2, 0) is 32.6 Å². The lowest BCUT2D eigenvalue weighted by atomic mass is 10.1. The van der Waals surface area contributed by atoms with Gasteiger partial charge in [-0.15, -0.1) is 0 Å². The summed E-state index contributed by atoms with van der Waals surface area (Å²) in [4.78, 5) is 9.46. The highest BCUT2D eigenvalue weighted by Gasteiger charge is 2.56. The van der Waals surface area contributed by atoms with Crippen molar-refractivity contribution in [1.82, 2.24) is 14.9 Å². The van der Waals surface area contributed by atoms with Crippen LogP contribution in [0.4, 0.5) is 5.82 Å². The first-order valence-corrected chi connectivity index (χ1v) is 15.5. The second-order valence-corrected chi connectivity index (χ2v) is 12.1. The molecule has 2 aliphatic heterocycles. The summed E-state index contributed by atoms with van der Waals surface area (Å²) in [5.74, 6) is 0.769. The quantitative estimate of drug-likeness (QED) is 0.210. The zero-order valence-corrected chi connectivity index (χ0v) is 24.4. The third-order valence-corrected chi connectivity index (χ3v) is 8.65. The third-order valence-electron chi connectivity index (χ3n) is 6.85. The number of aliphatic imine (C=N–C) groups is 1. The standard InChI is InChI=1S/C25H44N5O7P/c1-7-27-22(29-17-12-10-11-13-17)19-23(26-6)30(15-28-19)24-21-20(36-25(4,5)37-21)18(35-24)14-32-16-38(31,33-8-2)34-9-3/h15,17-18,20-21,24,26H,7-14,16H2,1-6H3,(H,27,29)/t18-,20-,21-,24-/m1/s1. The Kier molecular flexibility index (Phi) is 9.89. The predicted octanol–water partition coefficient (Wildman–Crippen LogP) is 3.88. The molecule has 3 aliphatic rings. The molecule has 216 valence electrons. The minimum absolute atomic E-state index is 0.142. The second-order valence-electron chi connectivity index (χ2n) is 10.1. The van der Waals surface area contributed by atoms with E-state index in [1.54, 1.807) is 20.2 Å². The summed E-state index contributed by atoms with van der Waals surface area (Å²) in [6.07, 6.45) is 4.55. The Balaban J connectivity index is 1.53. The van der Waals surface area contributed by atoms with Gasteiger partial charge in [-0.25, -0.2) is 4.98 Å². The number of anilines is 1. The van der Waals surface area contributed by atoms with Gasteiger partial charge in [0.05, 0.1) is 26.1 Å². The Hall–Kier alpha value is -1.53. The summed E-state index contributed by atoms with van der Waals surface area (Å²) in [5.41, 5.74) is 0.744. The summed E-state index contributed by atoms with van der Waals surface area (Å²) in [7, 11) is -1.48. The molecule has 0 aromatic carbocycles. The largest absolute Gasteiger partial charge is 0.373 e. The number of imidazole rings is 1. The van der Waals surface area contributed by atoms with Crippen molar-refractivity contribution in [2.75, 3.05) is 45.1 Å². The molecule has 0 unspecified atom stereocenters. The van der Waals surface area contributed by atoms with E-state index in [9.17, 15) is 4.57 Å². The molecular formula is C25H44N5O7P. The van der Waals surface area contributed by atoms with Crippen molar-refractivity contribution in [3.05, 3.63) is 12.0 Å². The van der Waals surface area contributed by atoms with E-state index >= 15 is 0 Å². The van der Waals surface area contributed by atoms with Gasteiger partial charge >= 0.3 is 7.60 Å². The van der Waals surface area contributed by atoms with Crippen LogP contribution in [0.5, 0.6) is 0 Å². The first-order valence-electron chi connectivity index (χ1n) is 13.8. The zero-order chi connectivity index (χ0) is 27.3. The summed E-state index contributed by atoms with van der Waals surface area (Å²) in [6.45, 7) is 10.7. The summed E-state index contributed by atoms with van der Waals surface area (Å²) in [5, 5.41) is 6.90. The maximum atomic E-state index is 12.8. The van der Waals surface area contributed by atoms with Gasteiger partial charge in [0.2, 0.25) is 0 Å². The molecule has 1 aromatic rings. The lowest BCUT2D eigenvalue weighted by Crippen LogP contribution is -2.34. The second kappa shape index (κ2) is 12.8. The van der Waals surface area contributed by atoms with Gasteiger partial charge < -0.3 is 38.6 Å². The molecule has 13 heteroatoms. The number of nitrogens with zero attached hydrogens (tertiary/aromatic N) is 3. The van der Waals surface area contributed by atoms with Crippen LogP contribution in [0.25, 0.3) is 0 Å². The average molecular weight is 558 g/mol. The van der Waals surface area contributed by atoms with E-state index in [0.29, 0.717) is 12.6 Å². The minimum atomic E-state index is -3.34. The van der Waals surface area contributed by atoms with E-state index in [1.165, 1.54) is 12.8 Å².